The molecule has 0 amide bonds. The highest BCUT2D eigenvalue weighted by molar-refractivity contribution is 5.90. The lowest BCUT2D eigenvalue weighted by molar-refractivity contribution is -0.136. The minimum absolute atomic E-state index is 0.0618. The number of benzene rings is 1. The first-order valence-corrected chi connectivity index (χ1v) is 5.05. The SMILES string of the molecule is COc1cc(OC)c2c(C(F)(F)F)ccnc2c1. The minimum atomic E-state index is -4.46. The fraction of sp³-hybridized carbons (Fsp3) is 0.250. The molecule has 18 heavy (non-hydrogen) atoms. The van der Waals surface area contributed by atoms with E-state index >= 15 is 0 Å². The van der Waals surface area contributed by atoms with E-state index in [-0.39, 0.29) is 16.7 Å². The van der Waals surface area contributed by atoms with Crippen LogP contribution in [0.1, 0.15) is 5.56 Å². The van der Waals surface area contributed by atoms with Crippen molar-refractivity contribution in [3.05, 3.63) is 30.0 Å². The van der Waals surface area contributed by atoms with Crippen molar-refractivity contribution in [3.63, 3.8) is 0 Å². The monoisotopic (exact) mass is 257 g/mol. The van der Waals surface area contributed by atoms with Gasteiger partial charge in [-0.3, -0.25) is 4.98 Å². The molecular formula is C12H10F3NO2. The predicted octanol–water partition coefficient (Wildman–Crippen LogP) is 3.27. The van der Waals surface area contributed by atoms with Crippen LogP contribution in [0.15, 0.2) is 24.4 Å². The molecule has 6 heteroatoms. The summed E-state index contributed by atoms with van der Waals surface area (Å²) in [6, 6.07) is 3.77. The standard InChI is InChI=1S/C12H10F3NO2/c1-17-7-5-9-11(10(6-7)18-2)8(3-4-16-9)12(13,14)15/h3-6H,1-2H3. The van der Waals surface area contributed by atoms with Gasteiger partial charge in [-0.15, -0.1) is 0 Å². The summed E-state index contributed by atoms with van der Waals surface area (Å²) in [6.45, 7) is 0. The van der Waals surface area contributed by atoms with Gasteiger partial charge in [0, 0.05) is 18.3 Å². The highest BCUT2D eigenvalue weighted by Gasteiger charge is 2.34. The molecular weight excluding hydrogens is 247 g/mol. The fourth-order valence-electron chi connectivity index (χ4n) is 1.74. The van der Waals surface area contributed by atoms with Crippen LogP contribution >= 0.6 is 0 Å². The zero-order valence-electron chi connectivity index (χ0n) is 9.71. The number of rotatable bonds is 2. The van der Waals surface area contributed by atoms with E-state index in [9.17, 15) is 13.2 Å². The molecule has 3 nitrogen and oxygen atoms in total. The van der Waals surface area contributed by atoms with Gasteiger partial charge in [0.25, 0.3) is 0 Å². The highest BCUT2D eigenvalue weighted by atomic mass is 19.4. The van der Waals surface area contributed by atoms with E-state index in [1.807, 2.05) is 0 Å². The first-order chi connectivity index (χ1) is 8.47. The molecule has 0 N–H and O–H groups in total. The summed E-state index contributed by atoms with van der Waals surface area (Å²) in [5.41, 5.74) is -0.590. The van der Waals surface area contributed by atoms with Crippen molar-refractivity contribution in [3.8, 4) is 11.5 Å². The number of hydrogen-bond donors (Lipinski definition) is 0. The van der Waals surface area contributed by atoms with Gasteiger partial charge in [0.2, 0.25) is 0 Å². The zero-order chi connectivity index (χ0) is 13.3. The molecule has 0 saturated heterocycles. The summed E-state index contributed by atoms with van der Waals surface area (Å²) >= 11 is 0. The van der Waals surface area contributed by atoms with Crippen molar-refractivity contribution in [2.75, 3.05) is 14.2 Å². The van der Waals surface area contributed by atoms with Crippen molar-refractivity contribution in [1.29, 1.82) is 0 Å². The second kappa shape index (κ2) is 4.36. The van der Waals surface area contributed by atoms with Gasteiger partial charge in [-0.05, 0) is 6.07 Å². The number of pyridine rings is 1. The van der Waals surface area contributed by atoms with Gasteiger partial charge < -0.3 is 9.47 Å². The Labute approximate surface area is 101 Å². The molecule has 0 aliphatic carbocycles. The second-order valence-corrected chi connectivity index (χ2v) is 3.58. The van der Waals surface area contributed by atoms with Crippen LogP contribution in [0.25, 0.3) is 10.9 Å². The van der Waals surface area contributed by atoms with Crippen molar-refractivity contribution in [2.24, 2.45) is 0 Å². The first kappa shape index (κ1) is 12.5. The Kier molecular flexibility index (Phi) is 3.02. The third-order valence-corrected chi connectivity index (χ3v) is 2.54. The van der Waals surface area contributed by atoms with E-state index in [0.29, 0.717) is 5.75 Å². The van der Waals surface area contributed by atoms with E-state index in [1.165, 1.54) is 26.4 Å². The Bertz CT molecular complexity index is 581. The Hall–Kier alpha value is -1.98. The van der Waals surface area contributed by atoms with Crippen LogP contribution in [0.5, 0.6) is 11.5 Å². The maximum absolute atomic E-state index is 12.9. The molecule has 0 unspecified atom stereocenters. The Morgan fingerprint density at radius 1 is 1.11 bits per heavy atom. The minimum Gasteiger partial charge on any atom is -0.497 e. The van der Waals surface area contributed by atoms with Crippen molar-refractivity contribution >= 4 is 10.9 Å². The van der Waals surface area contributed by atoms with Crippen molar-refractivity contribution < 1.29 is 22.6 Å². The number of methoxy groups -OCH3 is 2. The molecule has 1 heterocycles. The lowest BCUT2D eigenvalue weighted by atomic mass is 10.1. The molecule has 1 aromatic heterocycles. The molecule has 0 spiro atoms. The van der Waals surface area contributed by atoms with Crippen LogP contribution in [0.3, 0.4) is 0 Å². The van der Waals surface area contributed by atoms with Crippen LogP contribution in [0, 0.1) is 0 Å². The zero-order valence-corrected chi connectivity index (χ0v) is 9.71. The van der Waals surface area contributed by atoms with E-state index in [2.05, 4.69) is 4.98 Å². The number of fused-ring (bicyclic) bond motifs is 1. The molecule has 2 aromatic rings. The lowest BCUT2D eigenvalue weighted by Gasteiger charge is -2.13. The predicted molar refractivity (Wildman–Crippen MR) is 59.8 cm³/mol. The summed E-state index contributed by atoms with van der Waals surface area (Å²) < 4.78 is 48.7. The van der Waals surface area contributed by atoms with Gasteiger partial charge >= 0.3 is 6.18 Å². The highest BCUT2D eigenvalue weighted by Crippen LogP contribution is 2.39. The molecule has 0 aliphatic heterocycles. The summed E-state index contributed by atoms with van der Waals surface area (Å²) in [5.74, 6) is 0.482. The third-order valence-electron chi connectivity index (χ3n) is 2.54. The number of alkyl halides is 3. The average Bonchev–Trinajstić information content (AvgIpc) is 2.35. The average molecular weight is 257 g/mol. The number of nitrogens with zero attached hydrogens (tertiary/aromatic N) is 1. The maximum atomic E-state index is 12.9. The third kappa shape index (κ3) is 2.05. The fourth-order valence-corrected chi connectivity index (χ4v) is 1.74. The van der Waals surface area contributed by atoms with Gasteiger partial charge in [0.15, 0.2) is 0 Å². The molecule has 2 rings (SSSR count). The van der Waals surface area contributed by atoms with Crippen LogP contribution < -0.4 is 9.47 Å². The Balaban J connectivity index is 2.83. The number of halogens is 3. The molecule has 0 fully saturated rings. The molecule has 0 bridgehead atoms. The van der Waals surface area contributed by atoms with Crippen molar-refractivity contribution in [2.45, 2.75) is 6.18 Å². The van der Waals surface area contributed by atoms with Crippen LogP contribution in [0.2, 0.25) is 0 Å². The molecule has 0 atom stereocenters. The largest absolute Gasteiger partial charge is 0.497 e. The smallest absolute Gasteiger partial charge is 0.417 e. The van der Waals surface area contributed by atoms with Crippen LogP contribution in [0.4, 0.5) is 13.2 Å². The van der Waals surface area contributed by atoms with Gasteiger partial charge in [0.1, 0.15) is 11.5 Å². The van der Waals surface area contributed by atoms with Crippen LogP contribution in [-0.4, -0.2) is 19.2 Å². The molecule has 0 radical (unpaired) electrons. The van der Waals surface area contributed by atoms with E-state index in [1.54, 1.807) is 0 Å². The van der Waals surface area contributed by atoms with Crippen LogP contribution in [-0.2, 0) is 6.18 Å². The molecule has 1 aromatic carbocycles. The number of aromatic nitrogens is 1. The Morgan fingerprint density at radius 3 is 2.39 bits per heavy atom. The van der Waals surface area contributed by atoms with Gasteiger partial charge in [-0.1, -0.05) is 0 Å². The number of ether oxygens (including phenoxy) is 2. The summed E-state index contributed by atoms with van der Waals surface area (Å²) in [7, 11) is 2.73. The maximum Gasteiger partial charge on any atom is 0.417 e. The summed E-state index contributed by atoms with van der Waals surface area (Å²) in [4.78, 5) is 3.91. The Morgan fingerprint density at radius 2 is 1.83 bits per heavy atom. The molecule has 0 saturated carbocycles. The van der Waals surface area contributed by atoms with Crippen molar-refractivity contribution in [1.82, 2.24) is 4.98 Å². The normalized spacial score (nSPS) is 11.6. The first-order valence-electron chi connectivity index (χ1n) is 5.05. The number of hydrogen-bond acceptors (Lipinski definition) is 3. The van der Waals surface area contributed by atoms with Gasteiger partial charge in [0.05, 0.1) is 30.7 Å². The van der Waals surface area contributed by atoms with E-state index in [4.69, 9.17) is 9.47 Å². The van der Waals surface area contributed by atoms with E-state index in [0.717, 1.165) is 12.3 Å². The second-order valence-electron chi connectivity index (χ2n) is 3.58. The summed E-state index contributed by atoms with van der Waals surface area (Å²) in [5, 5.41) is -0.0618. The molecule has 96 valence electrons. The summed E-state index contributed by atoms with van der Waals surface area (Å²) in [6.07, 6.45) is -3.34. The molecule has 0 aliphatic rings. The van der Waals surface area contributed by atoms with Gasteiger partial charge in [-0.25, -0.2) is 0 Å². The quantitative estimate of drug-likeness (QED) is 0.827. The topological polar surface area (TPSA) is 31.4 Å². The lowest BCUT2D eigenvalue weighted by Crippen LogP contribution is -2.07. The van der Waals surface area contributed by atoms with E-state index < -0.39 is 11.7 Å². The van der Waals surface area contributed by atoms with Gasteiger partial charge in [-0.2, -0.15) is 13.2 Å².